The van der Waals surface area contributed by atoms with E-state index in [2.05, 4.69) is 11.0 Å². The zero-order valence-corrected chi connectivity index (χ0v) is 21.0. The Morgan fingerprint density at radius 1 is 1.14 bits per heavy atom. The van der Waals surface area contributed by atoms with E-state index in [9.17, 15) is 15.0 Å². The summed E-state index contributed by atoms with van der Waals surface area (Å²) in [5.41, 5.74) is 0.818. The van der Waals surface area contributed by atoms with Crippen molar-refractivity contribution in [2.24, 2.45) is 11.8 Å². The number of ether oxygens (including phenoxy) is 1. The topological polar surface area (TPSA) is 73.2 Å². The molecule has 6 aliphatic rings. The Labute approximate surface area is 208 Å². The van der Waals surface area contributed by atoms with E-state index in [0.29, 0.717) is 24.5 Å². The summed E-state index contributed by atoms with van der Waals surface area (Å²) in [5, 5.41) is 23.4. The second-order valence-corrected chi connectivity index (χ2v) is 12.6. The molecule has 2 heterocycles. The van der Waals surface area contributed by atoms with Gasteiger partial charge in [-0.3, -0.25) is 9.69 Å². The molecule has 0 radical (unpaired) electrons. The molecule has 190 valence electrons. The Bertz CT molecular complexity index is 1030. The molecule has 1 spiro atoms. The van der Waals surface area contributed by atoms with Crippen LogP contribution in [0.4, 0.5) is 0 Å². The molecule has 6 nitrogen and oxygen atoms in total. The van der Waals surface area contributed by atoms with E-state index in [0.717, 1.165) is 50.3 Å². The minimum atomic E-state index is -0.888. The lowest BCUT2D eigenvalue weighted by molar-refractivity contribution is -0.200. The molecular formula is C29H40N2O4. The highest BCUT2D eigenvalue weighted by Crippen LogP contribution is 2.66. The van der Waals surface area contributed by atoms with E-state index in [4.69, 9.17) is 4.74 Å². The average Bonchev–Trinajstić information content (AvgIpc) is 3.36. The molecule has 1 aromatic rings. The molecule has 1 saturated heterocycles. The standard InChI is InChI=1S/C29H40N2O4/c1-30(24(33)11-8-18-4-2-3-5-18)21-12-13-29(34)23-16-20-9-10-22(32)26-25(20)28(29,27(21)35-26)14-15-31(23)17-19-6-7-19/h9-10,18-19,21,23,27,32,34H,2-8,11-17H2,1H3/t21-,23-,27-,28-,29+/m0/s1. The van der Waals surface area contributed by atoms with Crippen LogP contribution in [0.5, 0.6) is 11.5 Å². The summed E-state index contributed by atoms with van der Waals surface area (Å²) < 4.78 is 6.64. The van der Waals surface area contributed by atoms with Crippen LogP contribution in [-0.2, 0) is 16.6 Å². The highest BCUT2D eigenvalue weighted by molar-refractivity contribution is 5.76. The number of phenolic OH excluding ortho intramolecular Hbond substituents is 1. The predicted molar refractivity (Wildman–Crippen MR) is 133 cm³/mol. The van der Waals surface area contributed by atoms with Gasteiger partial charge in [-0.05, 0) is 75.0 Å². The Morgan fingerprint density at radius 3 is 2.71 bits per heavy atom. The third-order valence-electron chi connectivity index (χ3n) is 10.9. The molecule has 0 aromatic heterocycles. The first-order valence-electron chi connectivity index (χ1n) is 14.2. The molecule has 2 bridgehead atoms. The zero-order chi connectivity index (χ0) is 23.9. The van der Waals surface area contributed by atoms with Gasteiger partial charge in [0, 0.05) is 31.6 Å². The summed E-state index contributed by atoms with van der Waals surface area (Å²) in [6, 6.07) is 3.81. The van der Waals surface area contributed by atoms with Gasteiger partial charge in [-0.2, -0.15) is 0 Å². The van der Waals surface area contributed by atoms with Crippen molar-refractivity contribution in [1.29, 1.82) is 0 Å². The summed E-state index contributed by atoms with van der Waals surface area (Å²) in [5.74, 6) is 2.41. The number of hydrogen-bond donors (Lipinski definition) is 2. The van der Waals surface area contributed by atoms with Gasteiger partial charge in [0.1, 0.15) is 6.10 Å². The maximum atomic E-state index is 13.4. The molecule has 6 heteroatoms. The van der Waals surface area contributed by atoms with E-state index in [-0.39, 0.29) is 29.8 Å². The third-order valence-corrected chi connectivity index (χ3v) is 10.9. The normalized spacial score (nSPS) is 37.7. The summed E-state index contributed by atoms with van der Waals surface area (Å²) >= 11 is 0. The number of hydrogen-bond acceptors (Lipinski definition) is 5. The van der Waals surface area contributed by atoms with Gasteiger partial charge in [-0.1, -0.05) is 31.7 Å². The van der Waals surface area contributed by atoms with Crippen LogP contribution in [0, 0.1) is 11.8 Å². The van der Waals surface area contributed by atoms with Crippen LogP contribution in [0.2, 0.25) is 0 Å². The van der Waals surface area contributed by atoms with Crippen LogP contribution in [-0.4, -0.2) is 69.8 Å². The average molecular weight is 481 g/mol. The predicted octanol–water partition coefficient (Wildman–Crippen LogP) is 3.75. The van der Waals surface area contributed by atoms with Crippen LogP contribution < -0.4 is 4.74 Å². The van der Waals surface area contributed by atoms with Crippen molar-refractivity contribution in [3.05, 3.63) is 23.3 Å². The number of piperidine rings is 1. The molecule has 1 amide bonds. The van der Waals surface area contributed by atoms with Gasteiger partial charge in [0.15, 0.2) is 11.5 Å². The largest absolute Gasteiger partial charge is 0.504 e. The Kier molecular flexibility index (Phi) is 5.03. The first-order chi connectivity index (χ1) is 16.9. The highest BCUT2D eigenvalue weighted by Gasteiger charge is 2.73. The van der Waals surface area contributed by atoms with Crippen molar-refractivity contribution in [1.82, 2.24) is 9.80 Å². The molecule has 4 fully saturated rings. The minimum Gasteiger partial charge on any atom is -0.504 e. The van der Waals surface area contributed by atoms with E-state index < -0.39 is 11.0 Å². The maximum Gasteiger partial charge on any atom is 0.222 e. The lowest BCUT2D eigenvalue weighted by Crippen LogP contribution is -2.78. The number of carbonyl (C=O) groups excluding carboxylic acids is 1. The van der Waals surface area contributed by atoms with Gasteiger partial charge >= 0.3 is 0 Å². The van der Waals surface area contributed by atoms with Crippen molar-refractivity contribution >= 4 is 5.91 Å². The van der Waals surface area contributed by atoms with E-state index in [1.807, 2.05) is 11.9 Å². The maximum absolute atomic E-state index is 13.4. The molecule has 7 rings (SSSR count). The first-order valence-corrected chi connectivity index (χ1v) is 14.2. The van der Waals surface area contributed by atoms with Crippen molar-refractivity contribution in [3.8, 4) is 11.5 Å². The third kappa shape index (κ3) is 3.11. The lowest BCUT2D eigenvalue weighted by atomic mass is 9.48. The van der Waals surface area contributed by atoms with Gasteiger partial charge in [-0.25, -0.2) is 0 Å². The first kappa shape index (κ1) is 22.4. The Balaban J connectivity index is 1.23. The molecule has 5 atom stereocenters. The number of aliphatic hydroxyl groups is 1. The van der Waals surface area contributed by atoms with Gasteiger partial charge in [0.25, 0.3) is 0 Å². The number of aromatic hydroxyl groups is 1. The van der Waals surface area contributed by atoms with Gasteiger partial charge < -0.3 is 19.8 Å². The molecule has 0 unspecified atom stereocenters. The number of carbonyl (C=O) groups is 1. The number of phenols is 1. The number of benzene rings is 1. The van der Waals surface area contributed by atoms with Gasteiger partial charge in [0.05, 0.1) is 17.1 Å². The molecular weight excluding hydrogens is 440 g/mol. The van der Waals surface area contributed by atoms with Crippen molar-refractivity contribution in [2.75, 3.05) is 20.1 Å². The zero-order valence-electron chi connectivity index (χ0n) is 21.0. The van der Waals surface area contributed by atoms with Crippen LogP contribution in [0.3, 0.4) is 0 Å². The van der Waals surface area contributed by atoms with Crippen LogP contribution in [0.25, 0.3) is 0 Å². The second-order valence-electron chi connectivity index (χ2n) is 12.6. The van der Waals surface area contributed by atoms with Crippen LogP contribution >= 0.6 is 0 Å². The van der Waals surface area contributed by atoms with Crippen molar-refractivity contribution in [2.45, 2.75) is 106 Å². The summed E-state index contributed by atoms with van der Waals surface area (Å²) in [7, 11) is 1.94. The molecule has 2 aliphatic heterocycles. The van der Waals surface area contributed by atoms with Crippen molar-refractivity contribution < 1.29 is 19.7 Å². The summed E-state index contributed by atoms with van der Waals surface area (Å²) in [6.45, 7) is 2.03. The fraction of sp³-hybridized carbons (Fsp3) is 0.759. The summed E-state index contributed by atoms with van der Waals surface area (Å²) in [6.07, 6.45) is 12.1. The lowest BCUT2D eigenvalue weighted by Gasteiger charge is -2.64. The van der Waals surface area contributed by atoms with Crippen molar-refractivity contribution in [3.63, 3.8) is 0 Å². The Morgan fingerprint density at radius 2 is 1.94 bits per heavy atom. The molecule has 3 saturated carbocycles. The summed E-state index contributed by atoms with van der Waals surface area (Å²) in [4.78, 5) is 17.9. The monoisotopic (exact) mass is 480 g/mol. The number of likely N-dealkylation sites (N-methyl/N-ethyl adjacent to an activating group) is 1. The van der Waals surface area contributed by atoms with E-state index in [1.165, 1.54) is 44.1 Å². The SMILES string of the molecule is CN(C(=O)CCC1CCCC1)[C@H]1CC[C@@]2(O)[C@@H]3Cc4ccc(O)c5c4[C@@]2(CCN3CC2CC2)[C@H]1O5. The van der Waals surface area contributed by atoms with E-state index in [1.54, 1.807) is 6.07 Å². The molecule has 4 aliphatic carbocycles. The molecule has 1 aromatic carbocycles. The number of amides is 1. The number of likely N-dealkylation sites (tertiary alicyclic amines) is 1. The van der Waals surface area contributed by atoms with Crippen LogP contribution in [0.1, 0.15) is 81.8 Å². The number of rotatable bonds is 6. The fourth-order valence-corrected chi connectivity index (χ4v) is 8.84. The smallest absolute Gasteiger partial charge is 0.222 e. The Hall–Kier alpha value is -1.79. The second kappa shape index (κ2) is 7.85. The molecule has 35 heavy (non-hydrogen) atoms. The number of nitrogens with zero attached hydrogens (tertiary/aromatic N) is 2. The fourth-order valence-electron chi connectivity index (χ4n) is 8.84. The quantitative estimate of drug-likeness (QED) is 0.649. The van der Waals surface area contributed by atoms with E-state index >= 15 is 0 Å². The molecule has 2 N–H and O–H groups in total. The minimum absolute atomic E-state index is 0.0790. The van der Waals surface area contributed by atoms with Crippen LogP contribution in [0.15, 0.2) is 12.1 Å². The van der Waals surface area contributed by atoms with Gasteiger partial charge in [-0.15, -0.1) is 0 Å². The van der Waals surface area contributed by atoms with Gasteiger partial charge in [0.2, 0.25) is 5.91 Å². The highest BCUT2D eigenvalue weighted by atomic mass is 16.5.